The van der Waals surface area contributed by atoms with Gasteiger partial charge in [-0.25, -0.2) is 0 Å². The lowest BCUT2D eigenvalue weighted by Gasteiger charge is -2.19. The van der Waals surface area contributed by atoms with Gasteiger partial charge in [-0.3, -0.25) is 0 Å². The molecule has 0 saturated carbocycles. The molecule has 0 radical (unpaired) electrons. The summed E-state index contributed by atoms with van der Waals surface area (Å²) < 4.78 is 0. The molecule has 0 bridgehead atoms. The number of likely N-dealkylation sites (N-methyl/N-ethyl adjacent to an activating group) is 1. The summed E-state index contributed by atoms with van der Waals surface area (Å²) >= 11 is 0. The van der Waals surface area contributed by atoms with Crippen LogP contribution in [0, 0.1) is 0 Å². The number of rotatable bonds is 0. The molecule has 0 spiro atoms. The van der Waals surface area contributed by atoms with Gasteiger partial charge in [0.1, 0.15) is 0 Å². The van der Waals surface area contributed by atoms with Gasteiger partial charge in [-0.15, -0.1) is 0 Å². The van der Waals surface area contributed by atoms with Crippen LogP contribution in [0.3, 0.4) is 0 Å². The first-order valence-corrected chi connectivity index (χ1v) is 6.11. The van der Waals surface area contributed by atoms with E-state index in [0.29, 0.717) is 0 Å². The van der Waals surface area contributed by atoms with Crippen LogP contribution in [-0.2, 0) is 12.8 Å². The SMILES string of the molecule is CN1CCCCCc2ccccc2CC1. The topological polar surface area (TPSA) is 3.24 Å². The van der Waals surface area contributed by atoms with Gasteiger partial charge in [0.25, 0.3) is 0 Å². The van der Waals surface area contributed by atoms with Crippen molar-refractivity contribution in [2.75, 3.05) is 20.1 Å². The van der Waals surface area contributed by atoms with Crippen molar-refractivity contribution in [2.24, 2.45) is 0 Å². The normalized spacial score (nSPS) is 19.5. The molecule has 0 fully saturated rings. The van der Waals surface area contributed by atoms with Crippen LogP contribution in [0.15, 0.2) is 24.3 Å². The van der Waals surface area contributed by atoms with E-state index >= 15 is 0 Å². The lowest BCUT2D eigenvalue weighted by atomic mass is 9.98. The zero-order chi connectivity index (χ0) is 10.5. The van der Waals surface area contributed by atoms with E-state index in [4.69, 9.17) is 0 Å². The lowest BCUT2D eigenvalue weighted by Crippen LogP contribution is -2.23. The quantitative estimate of drug-likeness (QED) is 0.626. The molecule has 1 aliphatic heterocycles. The third kappa shape index (κ3) is 3.07. The highest BCUT2D eigenvalue weighted by Gasteiger charge is 2.06. The van der Waals surface area contributed by atoms with Gasteiger partial charge >= 0.3 is 0 Å². The van der Waals surface area contributed by atoms with Crippen molar-refractivity contribution in [1.82, 2.24) is 4.90 Å². The van der Waals surface area contributed by atoms with E-state index in [1.807, 2.05) is 0 Å². The van der Waals surface area contributed by atoms with E-state index < -0.39 is 0 Å². The second kappa shape index (κ2) is 5.32. The van der Waals surface area contributed by atoms with Gasteiger partial charge in [-0.1, -0.05) is 30.7 Å². The first-order chi connectivity index (χ1) is 7.36. The van der Waals surface area contributed by atoms with Crippen LogP contribution in [0.2, 0.25) is 0 Å². The smallest absolute Gasteiger partial charge is 0.00189 e. The molecule has 2 rings (SSSR count). The molecule has 0 aromatic heterocycles. The lowest BCUT2D eigenvalue weighted by molar-refractivity contribution is 0.326. The summed E-state index contributed by atoms with van der Waals surface area (Å²) in [5.74, 6) is 0. The van der Waals surface area contributed by atoms with Crippen molar-refractivity contribution >= 4 is 0 Å². The molecule has 0 unspecified atom stereocenters. The van der Waals surface area contributed by atoms with Gasteiger partial charge in [-0.2, -0.15) is 0 Å². The van der Waals surface area contributed by atoms with Gasteiger partial charge in [0.2, 0.25) is 0 Å². The third-order valence-corrected chi connectivity index (χ3v) is 3.37. The van der Waals surface area contributed by atoms with Crippen molar-refractivity contribution in [3.63, 3.8) is 0 Å². The van der Waals surface area contributed by atoms with Crippen LogP contribution >= 0.6 is 0 Å². The Morgan fingerprint density at radius 2 is 1.60 bits per heavy atom. The molecule has 15 heavy (non-hydrogen) atoms. The minimum atomic E-state index is 1.21. The molecule has 0 N–H and O–H groups in total. The second-order valence-electron chi connectivity index (χ2n) is 4.63. The molecule has 0 amide bonds. The zero-order valence-corrected chi connectivity index (χ0v) is 9.71. The van der Waals surface area contributed by atoms with Crippen LogP contribution in [-0.4, -0.2) is 25.0 Å². The van der Waals surface area contributed by atoms with Crippen molar-refractivity contribution in [3.8, 4) is 0 Å². The van der Waals surface area contributed by atoms with Crippen molar-refractivity contribution in [1.29, 1.82) is 0 Å². The summed E-state index contributed by atoms with van der Waals surface area (Å²) in [5.41, 5.74) is 3.14. The fourth-order valence-corrected chi connectivity index (χ4v) is 2.34. The first-order valence-electron chi connectivity index (χ1n) is 6.11. The molecule has 1 aliphatic rings. The fourth-order valence-electron chi connectivity index (χ4n) is 2.34. The number of hydrogen-bond donors (Lipinski definition) is 0. The highest BCUT2D eigenvalue weighted by atomic mass is 15.1. The number of fused-ring (bicyclic) bond motifs is 1. The summed E-state index contributed by atoms with van der Waals surface area (Å²) in [6.07, 6.45) is 6.58. The Bertz CT molecular complexity index is 306. The summed E-state index contributed by atoms with van der Waals surface area (Å²) in [4.78, 5) is 2.46. The van der Waals surface area contributed by atoms with Crippen molar-refractivity contribution in [2.45, 2.75) is 32.1 Å². The van der Waals surface area contributed by atoms with Crippen LogP contribution in [0.1, 0.15) is 30.4 Å². The van der Waals surface area contributed by atoms with Gasteiger partial charge in [0, 0.05) is 6.54 Å². The molecule has 1 heterocycles. The molecule has 82 valence electrons. The van der Waals surface area contributed by atoms with Crippen LogP contribution < -0.4 is 0 Å². The molecule has 0 atom stereocenters. The number of nitrogens with zero attached hydrogens (tertiary/aromatic N) is 1. The van der Waals surface area contributed by atoms with Crippen LogP contribution in [0.25, 0.3) is 0 Å². The Labute approximate surface area is 93.1 Å². The monoisotopic (exact) mass is 203 g/mol. The largest absolute Gasteiger partial charge is 0.306 e. The number of benzene rings is 1. The molecule has 1 aromatic rings. The van der Waals surface area contributed by atoms with E-state index in [1.165, 1.54) is 45.2 Å². The van der Waals surface area contributed by atoms with Crippen molar-refractivity contribution in [3.05, 3.63) is 35.4 Å². The Hall–Kier alpha value is -0.820. The number of aryl methyl sites for hydroxylation is 1. The molecule has 1 nitrogen and oxygen atoms in total. The van der Waals surface area contributed by atoms with Gasteiger partial charge in [0.05, 0.1) is 0 Å². The minimum Gasteiger partial charge on any atom is -0.306 e. The molecule has 1 heteroatoms. The average Bonchev–Trinajstić information content (AvgIpc) is 2.27. The summed E-state index contributed by atoms with van der Waals surface area (Å²) in [7, 11) is 2.24. The van der Waals surface area contributed by atoms with Crippen LogP contribution in [0.4, 0.5) is 0 Å². The van der Waals surface area contributed by atoms with Gasteiger partial charge < -0.3 is 4.90 Å². The summed E-state index contributed by atoms with van der Waals surface area (Å²) in [5, 5.41) is 0. The van der Waals surface area contributed by atoms with E-state index in [0.717, 1.165) is 0 Å². The van der Waals surface area contributed by atoms with E-state index in [1.54, 1.807) is 11.1 Å². The molecule has 0 aliphatic carbocycles. The maximum atomic E-state index is 2.46. The number of hydrogen-bond acceptors (Lipinski definition) is 1. The first kappa shape index (κ1) is 10.7. The maximum absolute atomic E-state index is 2.46. The Morgan fingerprint density at radius 3 is 2.40 bits per heavy atom. The standard InChI is InChI=1S/C14H21N/c1-15-11-6-2-3-7-13-8-4-5-9-14(13)10-12-15/h4-5,8-9H,2-3,6-7,10-12H2,1H3. The molecule has 0 saturated heterocycles. The summed E-state index contributed by atoms with van der Waals surface area (Å²) in [6.45, 7) is 2.47. The van der Waals surface area contributed by atoms with E-state index in [2.05, 4.69) is 36.2 Å². The molecule has 1 aromatic carbocycles. The highest BCUT2D eigenvalue weighted by molar-refractivity contribution is 5.27. The van der Waals surface area contributed by atoms with Crippen molar-refractivity contribution < 1.29 is 0 Å². The Kier molecular flexibility index (Phi) is 3.79. The third-order valence-electron chi connectivity index (χ3n) is 3.37. The van der Waals surface area contributed by atoms with E-state index in [9.17, 15) is 0 Å². The maximum Gasteiger partial charge on any atom is 0.00189 e. The van der Waals surface area contributed by atoms with Gasteiger partial charge in [0.15, 0.2) is 0 Å². The average molecular weight is 203 g/mol. The minimum absolute atomic E-state index is 1.21. The Balaban J connectivity index is 2.11. The predicted octanol–water partition coefficient (Wildman–Crippen LogP) is 2.89. The highest BCUT2D eigenvalue weighted by Crippen LogP contribution is 2.15. The zero-order valence-electron chi connectivity index (χ0n) is 9.71. The predicted molar refractivity (Wildman–Crippen MR) is 65.2 cm³/mol. The fraction of sp³-hybridized carbons (Fsp3) is 0.571. The molecular weight excluding hydrogens is 182 g/mol. The van der Waals surface area contributed by atoms with Crippen LogP contribution in [0.5, 0.6) is 0 Å². The van der Waals surface area contributed by atoms with Gasteiger partial charge in [-0.05, 0) is 50.4 Å². The Morgan fingerprint density at radius 1 is 0.867 bits per heavy atom. The molecular formula is C14H21N. The summed E-state index contributed by atoms with van der Waals surface area (Å²) in [6, 6.07) is 8.95. The second-order valence-corrected chi connectivity index (χ2v) is 4.63. The van der Waals surface area contributed by atoms with E-state index in [-0.39, 0.29) is 0 Å².